The Balaban J connectivity index is 2.36. The van der Waals surface area contributed by atoms with Crippen LogP contribution in [0, 0.1) is 6.92 Å². The molecule has 122 valence electrons. The number of carbonyl (C=O) groups is 1. The summed E-state index contributed by atoms with van der Waals surface area (Å²) in [6.45, 7) is 1.90. The summed E-state index contributed by atoms with van der Waals surface area (Å²) in [5, 5.41) is 9.27. The van der Waals surface area contributed by atoms with E-state index >= 15 is 0 Å². The molecular weight excluding hydrogens is 316 g/mol. The monoisotopic (exact) mass is 334 g/mol. The molecule has 6 heteroatoms. The fourth-order valence-corrected chi connectivity index (χ4v) is 2.38. The van der Waals surface area contributed by atoms with Crippen LogP contribution in [0.5, 0.6) is 5.75 Å². The van der Waals surface area contributed by atoms with Gasteiger partial charge in [0.15, 0.2) is 0 Å². The minimum absolute atomic E-state index is 0.328. The van der Waals surface area contributed by atoms with E-state index in [1.807, 2.05) is 25.3 Å². The molecule has 0 unspecified atom stereocenters. The summed E-state index contributed by atoms with van der Waals surface area (Å²) in [6.07, 6.45) is 4.52. The van der Waals surface area contributed by atoms with Crippen LogP contribution >= 0.6 is 11.6 Å². The zero-order chi connectivity index (χ0) is 16.8. The van der Waals surface area contributed by atoms with Gasteiger partial charge in [-0.3, -0.25) is 0 Å². The summed E-state index contributed by atoms with van der Waals surface area (Å²) in [6, 6.07) is 5.51. The fraction of sp³-hybridized carbons (Fsp3) is 0.294. The van der Waals surface area contributed by atoms with Gasteiger partial charge in [0.2, 0.25) is 0 Å². The van der Waals surface area contributed by atoms with Crippen molar-refractivity contribution in [1.82, 2.24) is 9.97 Å². The first-order chi connectivity index (χ1) is 11.0. The Kier molecular flexibility index (Phi) is 5.82. The van der Waals surface area contributed by atoms with Crippen molar-refractivity contribution in [3.63, 3.8) is 0 Å². The predicted molar refractivity (Wildman–Crippen MR) is 90.9 cm³/mol. The number of halogens is 1. The second-order valence-corrected chi connectivity index (χ2v) is 5.50. The van der Waals surface area contributed by atoms with E-state index in [2.05, 4.69) is 9.97 Å². The van der Waals surface area contributed by atoms with E-state index in [9.17, 15) is 9.90 Å². The number of aliphatic carboxylic acids is 1. The number of alkyl halides is 1. The van der Waals surface area contributed by atoms with Gasteiger partial charge >= 0.3 is 5.97 Å². The van der Waals surface area contributed by atoms with Gasteiger partial charge in [-0.25, -0.2) is 9.78 Å². The van der Waals surface area contributed by atoms with Gasteiger partial charge in [-0.1, -0.05) is 6.07 Å². The van der Waals surface area contributed by atoms with E-state index in [1.165, 1.54) is 0 Å². The molecule has 0 fully saturated rings. The highest BCUT2D eigenvalue weighted by atomic mass is 35.5. The van der Waals surface area contributed by atoms with Crippen LogP contribution in [0.1, 0.15) is 24.1 Å². The van der Waals surface area contributed by atoms with Crippen LogP contribution in [0.3, 0.4) is 0 Å². The number of nitrogens with one attached hydrogen (secondary N) is 1. The second kappa shape index (κ2) is 7.83. The zero-order valence-electron chi connectivity index (χ0n) is 13.1. The van der Waals surface area contributed by atoms with Gasteiger partial charge in [0.1, 0.15) is 11.6 Å². The quantitative estimate of drug-likeness (QED) is 0.595. The first-order valence-electron chi connectivity index (χ1n) is 7.25. The molecular formula is C17H19ClN2O3. The van der Waals surface area contributed by atoms with Gasteiger partial charge in [0.05, 0.1) is 18.4 Å². The van der Waals surface area contributed by atoms with E-state index in [0.29, 0.717) is 30.0 Å². The maximum Gasteiger partial charge on any atom is 0.331 e. The summed E-state index contributed by atoms with van der Waals surface area (Å²) >= 11 is 5.64. The summed E-state index contributed by atoms with van der Waals surface area (Å²) in [5.41, 5.74) is 2.81. The smallest absolute Gasteiger partial charge is 0.331 e. The number of aromatic amines is 1. The van der Waals surface area contributed by atoms with Crippen LogP contribution in [0.15, 0.2) is 30.0 Å². The average Bonchev–Trinajstić information content (AvgIpc) is 2.97. The number of hydrogen-bond donors (Lipinski definition) is 2. The number of carboxylic acids is 1. The van der Waals surface area contributed by atoms with E-state index in [0.717, 1.165) is 22.6 Å². The molecule has 0 spiro atoms. The van der Waals surface area contributed by atoms with Crippen LogP contribution in [0.4, 0.5) is 0 Å². The number of carboxylic acid groups (broad SMARTS) is 1. The molecule has 0 saturated carbocycles. The molecule has 0 amide bonds. The van der Waals surface area contributed by atoms with E-state index in [1.54, 1.807) is 19.3 Å². The summed E-state index contributed by atoms with van der Waals surface area (Å²) in [7, 11) is 1.58. The highest BCUT2D eigenvalue weighted by molar-refractivity contribution is 6.17. The lowest BCUT2D eigenvalue weighted by molar-refractivity contribution is -0.132. The molecule has 1 heterocycles. The number of benzene rings is 1. The molecule has 0 bridgehead atoms. The van der Waals surface area contributed by atoms with Crippen LogP contribution in [-0.2, 0) is 4.79 Å². The molecule has 2 rings (SSSR count). The number of methoxy groups -OCH3 is 1. The third kappa shape index (κ3) is 4.36. The molecule has 1 aromatic heterocycles. The molecule has 0 aliphatic rings. The summed E-state index contributed by atoms with van der Waals surface area (Å²) < 4.78 is 5.42. The Labute approximate surface area is 140 Å². The lowest BCUT2D eigenvalue weighted by Crippen LogP contribution is -2.01. The summed E-state index contributed by atoms with van der Waals surface area (Å²) in [5.74, 6) is 0.857. The molecule has 5 nitrogen and oxygen atoms in total. The molecule has 0 atom stereocenters. The van der Waals surface area contributed by atoms with Crippen LogP contribution in [-0.4, -0.2) is 34.0 Å². The van der Waals surface area contributed by atoms with E-state index in [4.69, 9.17) is 16.3 Å². The molecule has 2 N–H and O–H groups in total. The number of nitrogens with zero attached hydrogens (tertiary/aromatic N) is 1. The van der Waals surface area contributed by atoms with E-state index in [-0.39, 0.29) is 0 Å². The lowest BCUT2D eigenvalue weighted by atomic mass is 10.0. The van der Waals surface area contributed by atoms with Gasteiger partial charge in [-0.05, 0) is 43.5 Å². The Morgan fingerprint density at radius 1 is 1.48 bits per heavy atom. The molecule has 2 aromatic rings. The Morgan fingerprint density at radius 3 is 2.83 bits per heavy atom. The summed E-state index contributed by atoms with van der Waals surface area (Å²) in [4.78, 5) is 18.8. The molecule has 1 aromatic carbocycles. The number of rotatable bonds is 7. The number of imidazole rings is 1. The Hall–Kier alpha value is -2.27. The molecule has 0 aliphatic heterocycles. The van der Waals surface area contributed by atoms with Gasteiger partial charge in [-0.2, -0.15) is 0 Å². The van der Waals surface area contributed by atoms with Gasteiger partial charge in [0.25, 0.3) is 0 Å². The highest BCUT2D eigenvalue weighted by Crippen LogP contribution is 2.29. The maximum absolute atomic E-state index is 11.3. The fourth-order valence-electron chi connectivity index (χ4n) is 2.24. The number of H-pyrrole nitrogens is 1. The van der Waals surface area contributed by atoms with Crippen molar-refractivity contribution in [2.24, 2.45) is 0 Å². The minimum atomic E-state index is -0.931. The lowest BCUT2D eigenvalue weighted by Gasteiger charge is -2.08. The normalized spacial score (nSPS) is 11.5. The second-order valence-electron chi connectivity index (χ2n) is 5.12. The number of ether oxygens (including phenoxy) is 1. The third-order valence-corrected chi connectivity index (χ3v) is 3.65. The maximum atomic E-state index is 11.3. The largest absolute Gasteiger partial charge is 0.496 e. The van der Waals surface area contributed by atoms with Crippen molar-refractivity contribution in [3.05, 3.63) is 41.2 Å². The van der Waals surface area contributed by atoms with Crippen molar-refractivity contribution in [2.75, 3.05) is 13.0 Å². The minimum Gasteiger partial charge on any atom is -0.496 e. The Bertz CT molecular complexity index is 722. The van der Waals surface area contributed by atoms with Gasteiger partial charge in [-0.15, -0.1) is 11.6 Å². The average molecular weight is 335 g/mol. The van der Waals surface area contributed by atoms with Crippen LogP contribution in [0.25, 0.3) is 17.5 Å². The van der Waals surface area contributed by atoms with Crippen molar-refractivity contribution >= 4 is 23.6 Å². The van der Waals surface area contributed by atoms with Crippen LogP contribution < -0.4 is 4.74 Å². The highest BCUT2D eigenvalue weighted by Gasteiger charge is 2.11. The molecule has 0 radical (unpaired) electrons. The third-order valence-electron chi connectivity index (χ3n) is 3.38. The van der Waals surface area contributed by atoms with E-state index < -0.39 is 5.97 Å². The topological polar surface area (TPSA) is 75.2 Å². The number of aromatic nitrogens is 2. The van der Waals surface area contributed by atoms with Crippen molar-refractivity contribution in [2.45, 2.75) is 19.8 Å². The molecule has 0 saturated heterocycles. The Morgan fingerprint density at radius 2 is 2.26 bits per heavy atom. The standard InChI is InChI=1S/C17H19ClN2O3/c1-11-10-19-16(20-11)14-6-5-12(9-15(14)23-2)8-13(17(21)22)4-3-7-18/h5-6,8-10H,3-4,7H2,1-2H3,(H,19,20)(H,21,22)/b13-8-. The number of hydrogen-bond acceptors (Lipinski definition) is 3. The van der Waals surface area contributed by atoms with Gasteiger partial charge in [0, 0.05) is 17.6 Å². The molecule has 23 heavy (non-hydrogen) atoms. The van der Waals surface area contributed by atoms with Crippen molar-refractivity contribution in [3.8, 4) is 17.1 Å². The first-order valence-corrected chi connectivity index (χ1v) is 7.79. The first kappa shape index (κ1) is 17.1. The zero-order valence-corrected chi connectivity index (χ0v) is 13.9. The van der Waals surface area contributed by atoms with Crippen LogP contribution in [0.2, 0.25) is 0 Å². The SMILES string of the molecule is COc1cc(/C=C(/CCCCl)C(=O)O)ccc1-c1nc(C)c[nH]1. The van der Waals surface area contributed by atoms with Gasteiger partial charge < -0.3 is 14.8 Å². The number of aryl methyl sites for hydroxylation is 1. The molecule has 0 aliphatic carbocycles. The van der Waals surface area contributed by atoms with Crippen molar-refractivity contribution in [1.29, 1.82) is 0 Å². The predicted octanol–water partition coefficient (Wildman–Crippen LogP) is 3.88. The van der Waals surface area contributed by atoms with Crippen molar-refractivity contribution < 1.29 is 14.6 Å².